The van der Waals surface area contributed by atoms with Gasteiger partial charge < -0.3 is 15.4 Å². The molecule has 0 amide bonds. The van der Waals surface area contributed by atoms with Gasteiger partial charge in [0.15, 0.2) is 0 Å². The number of halogens is 1. The van der Waals surface area contributed by atoms with Crippen LogP contribution in [0, 0.1) is 0 Å². The molecule has 84 valence electrons. The maximum atomic E-state index is 5.81. The standard InChI is InChI=1S/C11H17ClN2O/c1-14(8-11(7-13)15-2)10-5-3-9(12)4-6-10/h3-6,11H,7-8,13H2,1-2H3. The van der Waals surface area contributed by atoms with Gasteiger partial charge in [-0.1, -0.05) is 11.6 Å². The molecule has 1 unspecified atom stereocenters. The van der Waals surface area contributed by atoms with E-state index in [0.29, 0.717) is 6.54 Å². The molecule has 1 rings (SSSR count). The predicted molar refractivity (Wildman–Crippen MR) is 64.6 cm³/mol. The summed E-state index contributed by atoms with van der Waals surface area (Å²) in [5.74, 6) is 0. The maximum absolute atomic E-state index is 5.81. The van der Waals surface area contributed by atoms with E-state index in [4.69, 9.17) is 22.1 Å². The minimum absolute atomic E-state index is 0.0608. The third-order valence-corrected chi connectivity index (χ3v) is 2.59. The van der Waals surface area contributed by atoms with Crippen molar-refractivity contribution in [3.63, 3.8) is 0 Å². The molecule has 1 aromatic carbocycles. The number of nitrogens with two attached hydrogens (primary N) is 1. The third kappa shape index (κ3) is 3.70. The van der Waals surface area contributed by atoms with Crippen molar-refractivity contribution < 1.29 is 4.74 Å². The van der Waals surface area contributed by atoms with Crippen LogP contribution in [0.3, 0.4) is 0 Å². The van der Waals surface area contributed by atoms with Gasteiger partial charge in [-0.25, -0.2) is 0 Å². The van der Waals surface area contributed by atoms with Gasteiger partial charge in [0.1, 0.15) is 0 Å². The van der Waals surface area contributed by atoms with Gasteiger partial charge in [0.05, 0.1) is 6.10 Å². The third-order valence-electron chi connectivity index (χ3n) is 2.34. The molecular weight excluding hydrogens is 212 g/mol. The first-order valence-electron chi connectivity index (χ1n) is 4.87. The number of nitrogens with zero attached hydrogens (tertiary/aromatic N) is 1. The van der Waals surface area contributed by atoms with E-state index in [0.717, 1.165) is 17.3 Å². The lowest BCUT2D eigenvalue weighted by Gasteiger charge is -2.24. The number of rotatable bonds is 5. The molecule has 0 radical (unpaired) electrons. The lowest BCUT2D eigenvalue weighted by atomic mass is 10.2. The van der Waals surface area contributed by atoms with Gasteiger partial charge in [-0.2, -0.15) is 0 Å². The molecule has 0 saturated carbocycles. The van der Waals surface area contributed by atoms with Crippen LogP contribution in [-0.4, -0.2) is 33.4 Å². The van der Waals surface area contributed by atoms with Crippen molar-refractivity contribution in [2.45, 2.75) is 6.10 Å². The average molecular weight is 229 g/mol. The lowest BCUT2D eigenvalue weighted by molar-refractivity contribution is 0.115. The lowest BCUT2D eigenvalue weighted by Crippen LogP contribution is -2.35. The Bertz CT molecular complexity index is 285. The van der Waals surface area contributed by atoms with Gasteiger partial charge >= 0.3 is 0 Å². The van der Waals surface area contributed by atoms with Crippen LogP contribution >= 0.6 is 11.6 Å². The predicted octanol–water partition coefficient (Wildman–Crippen LogP) is 1.75. The zero-order chi connectivity index (χ0) is 11.3. The van der Waals surface area contributed by atoms with Crippen molar-refractivity contribution in [3.05, 3.63) is 29.3 Å². The molecule has 1 aromatic rings. The Morgan fingerprint density at radius 1 is 1.40 bits per heavy atom. The highest BCUT2D eigenvalue weighted by atomic mass is 35.5. The van der Waals surface area contributed by atoms with Crippen molar-refractivity contribution in [2.75, 3.05) is 32.1 Å². The van der Waals surface area contributed by atoms with Crippen LogP contribution in [-0.2, 0) is 4.74 Å². The number of methoxy groups -OCH3 is 1. The summed E-state index contributed by atoms with van der Waals surface area (Å²) in [5, 5.41) is 0.745. The zero-order valence-electron chi connectivity index (χ0n) is 9.11. The van der Waals surface area contributed by atoms with E-state index >= 15 is 0 Å². The molecular formula is C11H17ClN2O. The number of ether oxygens (including phenoxy) is 1. The molecule has 0 spiro atoms. The molecule has 0 aliphatic rings. The Hall–Kier alpha value is -0.770. The van der Waals surface area contributed by atoms with Crippen molar-refractivity contribution in [3.8, 4) is 0 Å². The normalized spacial score (nSPS) is 12.5. The number of anilines is 1. The van der Waals surface area contributed by atoms with E-state index in [2.05, 4.69) is 4.90 Å². The smallest absolute Gasteiger partial charge is 0.0867 e. The van der Waals surface area contributed by atoms with Crippen molar-refractivity contribution >= 4 is 17.3 Å². The van der Waals surface area contributed by atoms with Crippen molar-refractivity contribution in [1.29, 1.82) is 0 Å². The van der Waals surface area contributed by atoms with Gasteiger partial charge in [-0.15, -0.1) is 0 Å². The van der Waals surface area contributed by atoms with Crippen molar-refractivity contribution in [1.82, 2.24) is 0 Å². The summed E-state index contributed by atoms with van der Waals surface area (Å²) in [5.41, 5.74) is 6.67. The number of benzene rings is 1. The highest BCUT2D eigenvalue weighted by molar-refractivity contribution is 6.30. The summed E-state index contributed by atoms with van der Waals surface area (Å²) in [6.07, 6.45) is 0.0608. The fourth-order valence-corrected chi connectivity index (χ4v) is 1.48. The first-order chi connectivity index (χ1) is 7.17. The fraction of sp³-hybridized carbons (Fsp3) is 0.455. The molecule has 0 aliphatic heterocycles. The molecule has 15 heavy (non-hydrogen) atoms. The second-order valence-corrected chi connectivity index (χ2v) is 3.89. The molecule has 0 heterocycles. The molecule has 0 aromatic heterocycles. The van der Waals surface area contributed by atoms with Gasteiger partial charge in [0.25, 0.3) is 0 Å². The topological polar surface area (TPSA) is 38.5 Å². The summed E-state index contributed by atoms with van der Waals surface area (Å²) in [6.45, 7) is 1.29. The highest BCUT2D eigenvalue weighted by Gasteiger charge is 2.08. The second kappa shape index (κ2) is 5.95. The minimum Gasteiger partial charge on any atom is -0.378 e. The Morgan fingerprint density at radius 2 is 2.00 bits per heavy atom. The Balaban J connectivity index is 2.60. The van der Waals surface area contributed by atoms with Gasteiger partial charge in [0.2, 0.25) is 0 Å². The number of likely N-dealkylation sites (N-methyl/N-ethyl adjacent to an activating group) is 1. The second-order valence-electron chi connectivity index (χ2n) is 3.45. The van der Waals surface area contributed by atoms with Crippen LogP contribution < -0.4 is 10.6 Å². The van der Waals surface area contributed by atoms with Crippen LogP contribution in [0.2, 0.25) is 5.02 Å². The quantitative estimate of drug-likeness (QED) is 0.835. The molecule has 4 heteroatoms. The Morgan fingerprint density at radius 3 is 2.47 bits per heavy atom. The number of hydrogen-bond acceptors (Lipinski definition) is 3. The average Bonchev–Trinajstić information content (AvgIpc) is 2.26. The Labute approximate surface area is 95.8 Å². The summed E-state index contributed by atoms with van der Waals surface area (Å²) < 4.78 is 5.22. The molecule has 1 atom stereocenters. The van der Waals surface area contributed by atoms with Crippen molar-refractivity contribution in [2.24, 2.45) is 5.73 Å². The first-order valence-corrected chi connectivity index (χ1v) is 5.24. The summed E-state index contributed by atoms with van der Waals surface area (Å²) in [4.78, 5) is 2.09. The molecule has 0 saturated heterocycles. The molecule has 0 bridgehead atoms. The van der Waals surface area contributed by atoms with Crippen LogP contribution in [0.1, 0.15) is 0 Å². The van der Waals surface area contributed by atoms with Gasteiger partial charge in [0, 0.05) is 38.0 Å². The van der Waals surface area contributed by atoms with E-state index in [1.165, 1.54) is 0 Å². The molecule has 2 N–H and O–H groups in total. The van der Waals surface area contributed by atoms with E-state index in [1.807, 2.05) is 31.3 Å². The van der Waals surface area contributed by atoms with Crippen LogP contribution in [0.25, 0.3) is 0 Å². The zero-order valence-corrected chi connectivity index (χ0v) is 9.87. The first kappa shape index (κ1) is 12.3. The fourth-order valence-electron chi connectivity index (χ4n) is 1.35. The monoisotopic (exact) mass is 228 g/mol. The van der Waals surface area contributed by atoms with E-state index in [1.54, 1.807) is 7.11 Å². The van der Waals surface area contributed by atoms with Gasteiger partial charge in [-0.3, -0.25) is 0 Å². The van der Waals surface area contributed by atoms with E-state index in [-0.39, 0.29) is 6.10 Å². The minimum atomic E-state index is 0.0608. The summed E-state index contributed by atoms with van der Waals surface area (Å²) >= 11 is 5.81. The Kier molecular flexibility index (Phi) is 4.88. The van der Waals surface area contributed by atoms with Crippen LogP contribution in [0.4, 0.5) is 5.69 Å². The summed E-state index contributed by atoms with van der Waals surface area (Å²) in [6, 6.07) is 7.70. The maximum Gasteiger partial charge on any atom is 0.0867 e. The van der Waals surface area contributed by atoms with E-state index < -0.39 is 0 Å². The largest absolute Gasteiger partial charge is 0.378 e. The van der Waals surface area contributed by atoms with Crippen LogP contribution in [0.5, 0.6) is 0 Å². The molecule has 0 fully saturated rings. The van der Waals surface area contributed by atoms with Crippen LogP contribution in [0.15, 0.2) is 24.3 Å². The SMILES string of the molecule is COC(CN)CN(C)c1ccc(Cl)cc1. The van der Waals surface area contributed by atoms with E-state index in [9.17, 15) is 0 Å². The molecule has 0 aliphatic carbocycles. The number of hydrogen-bond donors (Lipinski definition) is 1. The van der Waals surface area contributed by atoms with Gasteiger partial charge in [-0.05, 0) is 24.3 Å². The molecule has 3 nitrogen and oxygen atoms in total. The highest BCUT2D eigenvalue weighted by Crippen LogP contribution is 2.16. The summed E-state index contributed by atoms with van der Waals surface area (Å²) in [7, 11) is 3.68.